The number of aromatic nitrogens is 4. The molecular formula is C29H33FN6O3. The van der Waals surface area contributed by atoms with Gasteiger partial charge < -0.3 is 24.5 Å². The van der Waals surface area contributed by atoms with Crippen LogP contribution in [0.2, 0.25) is 0 Å². The van der Waals surface area contributed by atoms with Gasteiger partial charge in [-0.1, -0.05) is 18.2 Å². The van der Waals surface area contributed by atoms with Gasteiger partial charge in [-0.3, -0.25) is 9.59 Å². The number of pyridine rings is 1. The summed E-state index contributed by atoms with van der Waals surface area (Å²) in [5.41, 5.74) is 3.28. The molecule has 10 heteroatoms. The number of hydrogen-bond donors (Lipinski definition) is 2. The van der Waals surface area contributed by atoms with Crippen LogP contribution in [0, 0.1) is 25.6 Å². The molecule has 4 heterocycles. The summed E-state index contributed by atoms with van der Waals surface area (Å²) < 4.78 is 20.9. The van der Waals surface area contributed by atoms with Crippen molar-refractivity contribution in [3.05, 3.63) is 81.4 Å². The van der Waals surface area contributed by atoms with E-state index in [1.54, 1.807) is 13.0 Å². The Morgan fingerprint density at radius 2 is 1.90 bits per heavy atom. The van der Waals surface area contributed by atoms with E-state index in [0.717, 1.165) is 42.5 Å². The number of aryl methyl sites for hydroxylation is 1. The van der Waals surface area contributed by atoms with Crippen LogP contribution in [0.3, 0.4) is 0 Å². The number of hydrogen-bond acceptors (Lipinski definition) is 6. The van der Waals surface area contributed by atoms with Gasteiger partial charge in [0.05, 0.1) is 37.2 Å². The molecule has 0 spiro atoms. The second kappa shape index (κ2) is 10.9. The van der Waals surface area contributed by atoms with Gasteiger partial charge >= 0.3 is 0 Å². The van der Waals surface area contributed by atoms with E-state index in [0.29, 0.717) is 34.4 Å². The van der Waals surface area contributed by atoms with Gasteiger partial charge in [-0.05, 0) is 51.7 Å². The van der Waals surface area contributed by atoms with E-state index < -0.39 is 5.82 Å². The number of carbonyl (C=O) groups is 1. The van der Waals surface area contributed by atoms with E-state index in [1.165, 1.54) is 19.5 Å². The molecule has 0 bridgehead atoms. The summed E-state index contributed by atoms with van der Waals surface area (Å²) in [6, 6.07) is 9.82. The predicted molar refractivity (Wildman–Crippen MR) is 148 cm³/mol. The first-order chi connectivity index (χ1) is 18.8. The zero-order valence-corrected chi connectivity index (χ0v) is 22.6. The second-order valence-corrected chi connectivity index (χ2v) is 10.1. The van der Waals surface area contributed by atoms with Crippen LogP contribution in [0.25, 0.3) is 10.9 Å². The minimum atomic E-state index is -0.443. The first-order valence-electron chi connectivity index (χ1n) is 13.2. The normalized spacial score (nSPS) is 14.9. The Bertz CT molecular complexity index is 1550. The number of halogens is 1. The average Bonchev–Trinajstić information content (AvgIpc) is 3.23. The highest BCUT2D eigenvalue weighted by Gasteiger charge is 2.30. The van der Waals surface area contributed by atoms with Crippen molar-refractivity contribution < 1.29 is 13.9 Å². The van der Waals surface area contributed by atoms with Gasteiger partial charge in [-0.15, -0.1) is 0 Å². The monoisotopic (exact) mass is 532 g/mol. The van der Waals surface area contributed by atoms with Crippen molar-refractivity contribution in [3.8, 4) is 5.75 Å². The summed E-state index contributed by atoms with van der Waals surface area (Å²) >= 11 is 0. The lowest BCUT2D eigenvalue weighted by molar-refractivity contribution is 0.0951. The number of ether oxygens (including phenoxy) is 1. The standard InChI is InChI=1S/C29H33FN6O3/c1-17-13-25(39-4)23(27(37)34-17)16-31-28(38)26-19(3)36(24-8-6-5-7-22(24)26)18(2)20-9-11-35(12-10-20)29-32-14-21(30)15-33-29/h5-8,13-15,18,20H,9-12,16H2,1-4H3,(H,31,38)(H,34,37). The van der Waals surface area contributed by atoms with Gasteiger partial charge in [0.2, 0.25) is 5.95 Å². The van der Waals surface area contributed by atoms with Crippen molar-refractivity contribution in [3.63, 3.8) is 0 Å². The number of nitrogens with one attached hydrogen (secondary N) is 2. The van der Waals surface area contributed by atoms with E-state index >= 15 is 0 Å². The van der Waals surface area contributed by atoms with Crippen molar-refractivity contribution in [1.29, 1.82) is 0 Å². The number of H-pyrrole nitrogens is 1. The molecule has 39 heavy (non-hydrogen) atoms. The summed E-state index contributed by atoms with van der Waals surface area (Å²) in [5, 5.41) is 3.82. The zero-order valence-electron chi connectivity index (χ0n) is 22.6. The Labute approximate surface area is 226 Å². The largest absolute Gasteiger partial charge is 0.496 e. The van der Waals surface area contributed by atoms with E-state index in [9.17, 15) is 14.0 Å². The van der Waals surface area contributed by atoms with Gasteiger partial charge in [0, 0.05) is 41.4 Å². The van der Waals surface area contributed by atoms with E-state index in [-0.39, 0.29) is 24.1 Å². The van der Waals surface area contributed by atoms with Crippen molar-refractivity contribution in [2.45, 2.75) is 46.2 Å². The van der Waals surface area contributed by atoms with Crippen LogP contribution in [0.5, 0.6) is 5.75 Å². The Morgan fingerprint density at radius 3 is 2.59 bits per heavy atom. The van der Waals surface area contributed by atoms with Crippen molar-refractivity contribution in [1.82, 2.24) is 24.8 Å². The van der Waals surface area contributed by atoms with E-state index in [4.69, 9.17) is 4.74 Å². The van der Waals surface area contributed by atoms with Gasteiger partial charge in [-0.25, -0.2) is 14.4 Å². The number of aromatic amines is 1. The molecule has 1 aromatic carbocycles. The molecule has 0 aliphatic carbocycles. The molecule has 1 aliphatic rings. The van der Waals surface area contributed by atoms with Crippen LogP contribution in [-0.4, -0.2) is 45.6 Å². The minimum absolute atomic E-state index is 0.0516. The summed E-state index contributed by atoms with van der Waals surface area (Å²) in [5.74, 6) is 0.694. The lowest BCUT2D eigenvalue weighted by Crippen LogP contribution is -2.37. The van der Waals surface area contributed by atoms with Gasteiger partial charge in [-0.2, -0.15) is 0 Å². The molecule has 9 nitrogen and oxygen atoms in total. The molecule has 1 atom stereocenters. The number of methoxy groups -OCH3 is 1. The molecule has 1 aliphatic heterocycles. The van der Waals surface area contributed by atoms with Crippen molar-refractivity contribution in [2.75, 3.05) is 25.1 Å². The summed E-state index contributed by atoms with van der Waals surface area (Å²) in [6.07, 6.45) is 4.24. The maximum Gasteiger partial charge on any atom is 0.256 e. The van der Waals surface area contributed by atoms with Crippen LogP contribution in [0.15, 0.2) is 47.5 Å². The number of carbonyl (C=O) groups excluding carboxylic acids is 1. The van der Waals surface area contributed by atoms with Gasteiger partial charge in [0.25, 0.3) is 11.5 Å². The third-order valence-corrected chi connectivity index (χ3v) is 7.78. The molecule has 0 saturated carbocycles. The van der Waals surface area contributed by atoms with Gasteiger partial charge in [0.1, 0.15) is 5.75 Å². The number of anilines is 1. The Hall–Kier alpha value is -4.21. The van der Waals surface area contributed by atoms with Crippen LogP contribution >= 0.6 is 0 Å². The number of piperidine rings is 1. The first-order valence-corrected chi connectivity index (χ1v) is 13.2. The quantitative estimate of drug-likeness (QED) is 0.368. The zero-order chi connectivity index (χ0) is 27.7. The molecule has 2 N–H and O–H groups in total. The number of benzene rings is 1. The number of fused-ring (bicyclic) bond motifs is 1. The fraction of sp³-hybridized carbons (Fsp3) is 0.379. The second-order valence-electron chi connectivity index (χ2n) is 10.1. The highest BCUT2D eigenvalue weighted by atomic mass is 19.1. The molecule has 204 valence electrons. The van der Waals surface area contributed by atoms with E-state index in [2.05, 4.69) is 36.7 Å². The smallest absolute Gasteiger partial charge is 0.256 e. The van der Waals surface area contributed by atoms with Crippen molar-refractivity contribution >= 4 is 22.8 Å². The molecule has 5 rings (SSSR count). The van der Waals surface area contributed by atoms with Crippen LogP contribution in [0.1, 0.15) is 53.1 Å². The fourth-order valence-electron chi connectivity index (χ4n) is 5.76. The number of amides is 1. The summed E-state index contributed by atoms with van der Waals surface area (Å²) in [4.78, 5) is 39.2. The number of para-hydroxylation sites is 1. The third kappa shape index (κ3) is 5.10. The molecule has 1 fully saturated rings. The van der Waals surface area contributed by atoms with Gasteiger partial charge in [0.15, 0.2) is 5.82 Å². The highest BCUT2D eigenvalue weighted by Crippen LogP contribution is 2.36. The average molecular weight is 533 g/mol. The molecule has 3 aromatic heterocycles. The minimum Gasteiger partial charge on any atom is -0.496 e. The van der Waals surface area contributed by atoms with Crippen LogP contribution in [-0.2, 0) is 6.54 Å². The van der Waals surface area contributed by atoms with E-state index in [1.807, 2.05) is 31.2 Å². The van der Waals surface area contributed by atoms with Crippen LogP contribution < -0.4 is 20.5 Å². The number of rotatable bonds is 7. The lowest BCUT2D eigenvalue weighted by Gasteiger charge is -2.36. The Balaban J connectivity index is 1.37. The molecule has 0 radical (unpaired) electrons. The summed E-state index contributed by atoms with van der Waals surface area (Å²) in [6.45, 7) is 7.57. The topological polar surface area (TPSA) is 105 Å². The predicted octanol–water partition coefficient (Wildman–Crippen LogP) is 4.29. The molecule has 1 unspecified atom stereocenters. The Kier molecular flexibility index (Phi) is 7.36. The molecule has 1 saturated heterocycles. The molecule has 4 aromatic rings. The lowest BCUT2D eigenvalue weighted by atomic mass is 9.90. The number of nitrogens with zero attached hydrogens (tertiary/aromatic N) is 4. The Morgan fingerprint density at radius 1 is 1.21 bits per heavy atom. The third-order valence-electron chi connectivity index (χ3n) is 7.78. The maximum absolute atomic E-state index is 13.5. The first kappa shape index (κ1) is 26.4. The molecular weight excluding hydrogens is 499 g/mol. The van der Waals surface area contributed by atoms with Crippen LogP contribution in [0.4, 0.5) is 10.3 Å². The fourth-order valence-corrected chi connectivity index (χ4v) is 5.76. The SMILES string of the molecule is COc1cc(C)[nH]c(=O)c1CNC(=O)c1c(C)n(C(C)C2CCN(c3ncc(F)cn3)CC2)c2ccccc12. The molecule has 1 amide bonds. The summed E-state index contributed by atoms with van der Waals surface area (Å²) in [7, 11) is 1.51. The van der Waals surface area contributed by atoms with Crippen molar-refractivity contribution in [2.24, 2.45) is 5.92 Å². The highest BCUT2D eigenvalue weighted by molar-refractivity contribution is 6.08. The maximum atomic E-state index is 13.5.